The molecule has 1 unspecified atom stereocenters. The minimum Gasteiger partial charge on any atom is -0.385 e. The van der Waals surface area contributed by atoms with Gasteiger partial charge < -0.3 is 10.1 Å². The molecule has 1 atom stereocenters. The fourth-order valence-corrected chi connectivity index (χ4v) is 2.63. The number of methoxy groups -OCH3 is 1. The van der Waals surface area contributed by atoms with Gasteiger partial charge in [-0.25, -0.2) is 0 Å². The molecule has 0 saturated heterocycles. The number of para-hydroxylation sites is 1. The topological polar surface area (TPSA) is 79.2 Å². The van der Waals surface area contributed by atoms with E-state index in [2.05, 4.69) is 5.32 Å². The summed E-state index contributed by atoms with van der Waals surface area (Å²) in [4.78, 5) is 11.7. The lowest BCUT2D eigenvalue weighted by Gasteiger charge is -2.06. The summed E-state index contributed by atoms with van der Waals surface area (Å²) in [6.07, 6.45) is 0.904. The van der Waals surface area contributed by atoms with Gasteiger partial charge >= 0.3 is 0 Å². The second-order valence-electron chi connectivity index (χ2n) is 4.15. The van der Waals surface area contributed by atoms with E-state index in [0.29, 0.717) is 29.4 Å². The Labute approximate surface area is 121 Å². The maximum absolute atomic E-state index is 11.7. The van der Waals surface area contributed by atoms with Crippen molar-refractivity contribution in [1.29, 1.82) is 5.26 Å². The van der Waals surface area contributed by atoms with Crippen LogP contribution in [0.2, 0.25) is 0 Å². The second kappa shape index (κ2) is 9.23. The van der Waals surface area contributed by atoms with Gasteiger partial charge in [0.2, 0.25) is 5.91 Å². The highest BCUT2D eigenvalue weighted by molar-refractivity contribution is 7.84. The van der Waals surface area contributed by atoms with Gasteiger partial charge in [0, 0.05) is 42.4 Å². The molecule has 0 saturated carbocycles. The molecule has 1 aromatic rings. The van der Waals surface area contributed by atoms with Gasteiger partial charge in [0.1, 0.15) is 6.07 Å². The van der Waals surface area contributed by atoms with Crippen molar-refractivity contribution < 1.29 is 13.7 Å². The molecule has 0 aliphatic rings. The smallest absolute Gasteiger partial charge is 0.225 e. The van der Waals surface area contributed by atoms with E-state index in [9.17, 15) is 9.00 Å². The minimum atomic E-state index is -1.01. The SMILES string of the molecule is COCCCS(=O)CCC(=O)Nc1ccccc1C#N. The number of nitriles is 1. The van der Waals surface area contributed by atoms with Gasteiger partial charge in [-0.3, -0.25) is 9.00 Å². The van der Waals surface area contributed by atoms with Gasteiger partial charge in [-0.15, -0.1) is 0 Å². The van der Waals surface area contributed by atoms with Crippen molar-refractivity contribution in [1.82, 2.24) is 0 Å². The molecular formula is C14H18N2O3S. The maximum Gasteiger partial charge on any atom is 0.225 e. The first-order valence-electron chi connectivity index (χ1n) is 6.30. The zero-order valence-corrected chi connectivity index (χ0v) is 12.2. The highest BCUT2D eigenvalue weighted by Crippen LogP contribution is 2.13. The van der Waals surface area contributed by atoms with Crippen molar-refractivity contribution in [3.8, 4) is 6.07 Å². The van der Waals surface area contributed by atoms with E-state index >= 15 is 0 Å². The number of nitrogens with zero attached hydrogens (tertiary/aromatic N) is 1. The fraction of sp³-hybridized carbons (Fsp3) is 0.429. The summed E-state index contributed by atoms with van der Waals surface area (Å²) < 4.78 is 16.5. The molecule has 5 nitrogen and oxygen atoms in total. The van der Waals surface area contributed by atoms with Crippen LogP contribution in [-0.4, -0.2) is 35.3 Å². The molecule has 1 N–H and O–H groups in total. The first-order valence-corrected chi connectivity index (χ1v) is 7.79. The standard InChI is InChI=1S/C14H18N2O3S/c1-19-8-4-9-20(18)10-7-14(17)16-13-6-3-2-5-12(13)11-15/h2-3,5-6H,4,7-10H2,1H3,(H,16,17). The van der Waals surface area contributed by atoms with Crippen LogP contribution in [0.25, 0.3) is 0 Å². The molecule has 0 radical (unpaired) electrons. The van der Waals surface area contributed by atoms with Crippen molar-refractivity contribution >= 4 is 22.4 Å². The zero-order chi connectivity index (χ0) is 14.8. The number of hydrogen-bond donors (Lipinski definition) is 1. The Balaban J connectivity index is 2.37. The van der Waals surface area contributed by atoms with E-state index in [1.54, 1.807) is 31.4 Å². The number of amides is 1. The molecule has 20 heavy (non-hydrogen) atoms. The molecule has 1 rings (SSSR count). The van der Waals surface area contributed by atoms with Crippen molar-refractivity contribution in [2.75, 3.05) is 30.5 Å². The van der Waals surface area contributed by atoms with Crippen molar-refractivity contribution in [2.24, 2.45) is 0 Å². The quantitative estimate of drug-likeness (QED) is 0.740. The summed E-state index contributed by atoms with van der Waals surface area (Å²) >= 11 is 0. The van der Waals surface area contributed by atoms with Crippen LogP contribution in [0.4, 0.5) is 5.69 Å². The number of anilines is 1. The monoisotopic (exact) mass is 294 g/mol. The van der Waals surface area contributed by atoms with Gasteiger partial charge in [0.25, 0.3) is 0 Å². The van der Waals surface area contributed by atoms with Crippen molar-refractivity contribution in [3.63, 3.8) is 0 Å². The molecule has 1 amide bonds. The third-order valence-electron chi connectivity index (χ3n) is 2.60. The van der Waals surface area contributed by atoms with Gasteiger partial charge in [-0.2, -0.15) is 5.26 Å². The highest BCUT2D eigenvalue weighted by Gasteiger charge is 2.08. The molecule has 6 heteroatoms. The third-order valence-corrected chi connectivity index (χ3v) is 4.00. The van der Waals surface area contributed by atoms with Crippen molar-refractivity contribution in [2.45, 2.75) is 12.8 Å². The van der Waals surface area contributed by atoms with E-state index in [0.717, 1.165) is 6.42 Å². The number of rotatable bonds is 8. The Hall–Kier alpha value is -1.71. The van der Waals surface area contributed by atoms with E-state index < -0.39 is 10.8 Å². The van der Waals surface area contributed by atoms with Gasteiger partial charge in [-0.1, -0.05) is 12.1 Å². The van der Waals surface area contributed by atoms with Gasteiger partial charge in [0.05, 0.1) is 11.3 Å². The van der Waals surface area contributed by atoms with Crippen LogP contribution in [-0.2, 0) is 20.3 Å². The maximum atomic E-state index is 11.7. The number of ether oxygens (including phenoxy) is 1. The lowest BCUT2D eigenvalue weighted by molar-refractivity contribution is -0.115. The molecular weight excluding hydrogens is 276 g/mol. The Morgan fingerprint density at radius 3 is 2.85 bits per heavy atom. The first kappa shape index (κ1) is 16.3. The predicted octanol–water partition coefficient (Wildman–Crippen LogP) is 1.67. The molecule has 0 fully saturated rings. The fourth-order valence-electron chi connectivity index (χ4n) is 1.58. The summed E-state index contributed by atoms with van der Waals surface area (Å²) in [6, 6.07) is 8.81. The summed E-state index contributed by atoms with van der Waals surface area (Å²) in [5.41, 5.74) is 0.909. The average molecular weight is 294 g/mol. The Bertz CT molecular complexity index is 511. The molecule has 0 aliphatic carbocycles. The summed E-state index contributed by atoms with van der Waals surface area (Å²) in [5, 5.41) is 11.6. The lowest BCUT2D eigenvalue weighted by Crippen LogP contribution is -2.16. The Morgan fingerprint density at radius 1 is 1.40 bits per heavy atom. The van der Waals surface area contributed by atoms with Crippen LogP contribution in [0.1, 0.15) is 18.4 Å². The Kier molecular flexibility index (Phi) is 7.55. The van der Waals surface area contributed by atoms with E-state index in [1.165, 1.54) is 0 Å². The van der Waals surface area contributed by atoms with Crippen LogP contribution >= 0.6 is 0 Å². The van der Waals surface area contributed by atoms with Crippen LogP contribution in [0, 0.1) is 11.3 Å². The number of hydrogen-bond acceptors (Lipinski definition) is 4. The summed E-state index contributed by atoms with van der Waals surface area (Å²) in [7, 11) is 0.587. The van der Waals surface area contributed by atoms with Crippen LogP contribution in [0.15, 0.2) is 24.3 Å². The Morgan fingerprint density at radius 2 is 2.15 bits per heavy atom. The predicted molar refractivity (Wildman–Crippen MR) is 78.8 cm³/mol. The normalized spacial score (nSPS) is 11.6. The molecule has 0 aromatic heterocycles. The molecule has 1 aromatic carbocycles. The summed E-state index contributed by atoms with van der Waals surface area (Å²) in [6.45, 7) is 0.577. The van der Waals surface area contributed by atoms with Crippen LogP contribution in [0.5, 0.6) is 0 Å². The number of carbonyl (C=O) groups excluding carboxylic acids is 1. The van der Waals surface area contributed by atoms with Crippen LogP contribution < -0.4 is 5.32 Å². The average Bonchev–Trinajstić information content (AvgIpc) is 2.46. The number of nitrogens with one attached hydrogen (secondary N) is 1. The second-order valence-corrected chi connectivity index (χ2v) is 5.85. The zero-order valence-electron chi connectivity index (χ0n) is 11.4. The molecule has 0 spiro atoms. The largest absolute Gasteiger partial charge is 0.385 e. The van der Waals surface area contributed by atoms with E-state index in [4.69, 9.17) is 10.00 Å². The van der Waals surface area contributed by atoms with Gasteiger partial charge in [0.15, 0.2) is 0 Å². The van der Waals surface area contributed by atoms with Crippen molar-refractivity contribution in [3.05, 3.63) is 29.8 Å². The summed E-state index contributed by atoms with van der Waals surface area (Å²) in [5.74, 6) is 0.632. The number of benzene rings is 1. The van der Waals surface area contributed by atoms with Crippen LogP contribution in [0.3, 0.4) is 0 Å². The first-order chi connectivity index (χ1) is 9.67. The van der Waals surface area contributed by atoms with E-state index in [-0.39, 0.29) is 12.3 Å². The molecule has 0 aliphatic heterocycles. The highest BCUT2D eigenvalue weighted by atomic mass is 32.2. The number of carbonyl (C=O) groups is 1. The molecule has 108 valence electrons. The van der Waals surface area contributed by atoms with Gasteiger partial charge in [-0.05, 0) is 18.6 Å². The lowest BCUT2D eigenvalue weighted by atomic mass is 10.2. The minimum absolute atomic E-state index is 0.180. The molecule has 0 heterocycles. The van der Waals surface area contributed by atoms with E-state index in [1.807, 2.05) is 6.07 Å². The third kappa shape index (κ3) is 5.95. The molecule has 0 bridgehead atoms.